The number of benzene rings is 3. The molecule has 0 unspecified atom stereocenters. The van der Waals surface area contributed by atoms with Crippen LogP contribution in [0.15, 0.2) is 77.2 Å². The number of hydrogen-bond donors (Lipinski definition) is 2. The molecule has 0 radical (unpaired) electrons. The molecule has 0 saturated carbocycles. The number of nitrogens with zero attached hydrogens (tertiary/aromatic N) is 2. The van der Waals surface area contributed by atoms with E-state index in [1.54, 1.807) is 0 Å². The number of nitrogens with two attached hydrogens (primary N) is 1. The second kappa shape index (κ2) is 10.2. The van der Waals surface area contributed by atoms with Gasteiger partial charge in [-0.3, -0.25) is 4.79 Å². The Balaban J connectivity index is 0.00000289. The van der Waals surface area contributed by atoms with Crippen LogP contribution in [0.25, 0.3) is 34.0 Å². The van der Waals surface area contributed by atoms with Crippen LogP contribution in [0.1, 0.15) is 17.5 Å². The molecule has 0 bridgehead atoms. The summed E-state index contributed by atoms with van der Waals surface area (Å²) >= 11 is 0. The maximum absolute atomic E-state index is 10.9. The molecule has 3 N–H and O–H groups in total. The third-order valence-electron chi connectivity index (χ3n) is 5.31. The first-order chi connectivity index (χ1) is 15.0. The van der Waals surface area contributed by atoms with Crippen molar-refractivity contribution in [2.45, 2.75) is 25.8 Å². The van der Waals surface area contributed by atoms with E-state index in [0.29, 0.717) is 24.6 Å². The van der Waals surface area contributed by atoms with Crippen molar-refractivity contribution in [2.24, 2.45) is 5.73 Å². The van der Waals surface area contributed by atoms with Crippen LogP contribution in [-0.2, 0) is 11.2 Å². The van der Waals surface area contributed by atoms with E-state index in [-0.39, 0.29) is 12.4 Å². The van der Waals surface area contributed by atoms with Gasteiger partial charge in [-0.05, 0) is 60.2 Å². The Hall–Kier alpha value is -3.48. The monoisotopic (exact) mass is 449 g/mol. The fourth-order valence-electron chi connectivity index (χ4n) is 3.55. The first kappa shape index (κ1) is 23.2. The molecular weight excluding hydrogens is 426 g/mol. The van der Waals surface area contributed by atoms with Crippen molar-refractivity contribution in [3.8, 4) is 34.0 Å². The first-order valence-corrected chi connectivity index (χ1v) is 10.1. The molecule has 0 aliphatic carbocycles. The fourth-order valence-corrected chi connectivity index (χ4v) is 3.55. The van der Waals surface area contributed by atoms with Crippen molar-refractivity contribution in [1.82, 2.24) is 10.2 Å². The highest BCUT2D eigenvalue weighted by Gasteiger charge is 2.16. The third kappa shape index (κ3) is 5.04. The summed E-state index contributed by atoms with van der Waals surface area (Å²) in [5.74, 6) is -0.113. The van der Waals surface area contributed by atoms with Crippen molar-refractivity contribution >= 4 is 18.4 Å². The molecule has 1 aromatic heterocycles. The van der Waals surface area contributed by atoms with Crippen molar-refractivity contribution in [1.29, 1.82) is 0 Å². The molecule has 0 aliphatic heterocycles. The molecule has 1 heterocycles. The van der Waals surface area contributed by atoms with Crippen molar-refractivity contribution in [3.63, 3.8) is 0 Å². The van der Waals surface area contributed by atoms with Gasteiger partial charge in [0.25, 0.3) is 0 Å². The van der Waals surface area contributed by atoms with Crippen LogP contribution in [0, 0.1) is 6.92 Å². The molecule has 6 nitrogen and oxygen atoms in total. The summed E-state index contributed by atoms with van der Waals surface area (Å²) in [6, 6.07) is 23.0. The fraction of sp³-hybridized carbons (Fsp3) is 0.160. The number of carboxylic acid groups (broad SMARTS) is 1. The largest absolute Gasteiger partial charge is 0.480 e. The Morgan fingerprint density at radius 3 is 2.34 bits per heavy atom. The van der Waals surface area contributed by atoms with Crippen molar-refractivity contribution in [2.75, 3.05) is 0 Å². The molecule has 4 rings (SSSR count). The number of carbonyl (C=O) groups is 1. The standard InChI is InChI=1S/C25H23N3O3.ClH/c1-16-20(18-8-3-2-4-9-18)11-6-12-21(16)24-28-27-23(31-24)19-10-5-7-17(15-19)13-14-22(26)25(29)30;/h2-12,15,22H,13-14,26H2,1H3,(H,29,30);1H/t22-;/m0./s1. The minimum Gasteiger partial charge on any atom is -0.480 e. The van der Waals surface area contributed by atoms with Crippen molar-refractivity contribution in [3.05, 3.63) is 83.9 Å². The molecule has 0 amide bonds. The summed E-state index contributed by atoms with van der Waals surface area (Å²) in [7, 11) is 0. The molecule has 0 fully saturated rings. The van der Waals surface area contributed by atoms with Crippen LogP contribution in [0.2, 0.25) is 0 Å². The molecule has 3 aromatic carbocycles. The average Bonchev–Trinajstić information content (AvgIpc) is 3.28. The van der Waals surface area contributed by atoms with Gasteiger partial charge in [-0.1, -0.05) is 54.6 Å². The number of hydrogen-bond acceptors (Lipinski definition) is 5. The molecule has 0 spiro atoms. The highest BCUT2D eigenvalue weighted by atomic mass is 35.5. The number of aryl methyl sites for hydroxylation is 1. The van der Waals surface area contributed by atoms with Gasteiger partial charge in [0, 0.05) is 11.1 Å². The summed E-state index contributed by atoms with van der Waals surface area (Å²) in [5, 5.41) is 17.5. The number of aliphatic carboxylic acids is 1. The summed E-state index contributed by atoms with van der Waals surface area (Å²) < 4.78 is 6.01. The van der Waals surface area contributed by atoms with Crippen LogP contribution in [0.5, 0.6) is 0 Å². The van der Waals surface area contributed by atoms with Gasteiger partial charge in [0.1, 0.15) is 6.04 Å². The number of aromatic nitrogens is 2. The van der Waals surface area contributed by atoms with Crippen molar-refractivity contribution < 1.29 is 14.3 Å². The Bertz CT molecular complexity index is 1210. The molecule has 32 heavy (non-hydrogen) atoms. The lowest BCUT2D eigenvalue weighted by molar-refractivity contribution is -0.138. The highest BCUT2D eigenvalue weighted by molar-refractivity contribution is 5.85. The summed E-state index contributed by atoms with van der Waals surface area (Å²) in [6.45, 7) is 2.05. The first-order valence-electron chi connectivity index (χ1n) is 10.1. The van der Waals surface area contributed by atoms with Crippen LogP contribution in [0.3, 0.4) is 0 Å². The maximum Gasteiger partial charge on any atom is 0.320 e. The highest BCUT2D eigenvalue weighted by Crippen LogP contribution is 2.32. The van der Waals surface area contributed by atoms with E-state index in [1.807, 2.05) is 61.5 Å². The second-order valence-electron chi connectivity index (χ2n) is 7.44. The summed E-state index contributed by atoms with van der Waals surface area (Å²) in [5.41, 5.74) is 11.6. The van der Waals surface area contributed by atoms with Gasteiger partial charge in [0.05, 0.1) is 0 Å². The van der Waals surface area contributed by atoms with Gasteiger partial charge in [0.15, 0.2) is 0 Å². The minimum atomic E-state index is -0.995. The van der Waals surface area contributed by atoms with Gasteiger partial charge in [0.2, 0.25) is 11.8 Å². The third-order valence-corrected chi connectivity index (χ3v) is 5.31. The smallest absolute Gasteiger partial charge is 0.320 e. The van der Waals surface area contributed by atoms with E-state index >= 15 is 0 Å². The Labute approximate surface area is 192 Å². The molecule has 164 valence electrons. The van der Waals surface area contributed by atoms with Gasteiger partial charge < -0.3 is 15.3 Å². The predicted molar refractivity (Wildman–Crippen MR) is 127 cm³/mol. The van der Waals surface area contributed by atoms with Gasteiger partial charge in [-0.15, -0.1) is 22.6 Å². The van der Waals surface area contributed by atoms with Crippen LogP contribution < -0.4 is 5.73 Å². The lowest BCUT2D eigenvalue weighted by Crippen LogP contribution is -2.30. The lowest BCUT2D eigenvalue weighted by atomic mass is 9.96. The molecule has 7 heteroatoms. The summed E-state index contributed by atoms with van der Waals surface area (Å²) in [6.07, 6.45) is 0.917. The van der Waals surface area contributed by atoms with E-state index < -0.39 is 12.0 Å². The Morgan fingerprint density at radius 2 is 1.59 bits per heavy atom. The molecule has 4 aromatic rings. The lowest BCUT2D eigenvalue weighted by Gasteiger charge is -2.09. The van der Waals surface area contributed by atoms with Gasteiger partial charge in [-0.2, -0.15) is 0 Å². The van der Waals surface area contributed by atoms with E-state index in [2.05, 4.69) is 28.4 Å². The predicted octanol–water partition coefficient (Wildman–Crippen LogP) is 5.15. The number of halogens is 1. The van der Waals surface area contributed by atoms with Gasteiger partial charge >= 0.3 is 5.97 Å². The quantitative estimate of drug-likeness (QED) is 0.404. The molecule has 0 saturated heterocycles. The van der Waals surface area contributed by atoms with E-state index in [1.165, 1.54) is 0 Å². The summed E-state index contributed by atoms with van der Waals surface area (Å²) in [4.78, 5) is 10.9. The SMILES string of the molecule is Cc1c(-c2ccccc2)cccc1-c1nnc(-c2cccc(CC[C@H](N)C(=O)O)c2)o1.Cl. The second-order valence-corrected chi connectivity index (χ2v) is 7.44. The molecular formula is C25H24ClN3O3. The Kier molecular flexibility index (Phi) is 7.41. The molecule has 0 aliphatic rings. The van der Waals surface area contributed by atoms with Gasteiger partial charge in [-0.25, -0.2) is 0 Å². The number of rotatable bonds is 7. The van der Waals surface area contributed by atoms with E-state index in [0.717, 1.165) is 33.4 Å². The van der Waals surface area contributed by atoms with Crippen LogP contribution >= 0.6 is 12.4 Å². The normalized spacial score (nSPS) is 11.6. The zero-order valence-corrected chi connectivity index (χ0v) is 18.4. The van der Waals surface area contributed by atoms with Crippen LogP contribution in [-0.4, -0.2) is 27.3 Å². The van der Waals surface area contributed by atoms with Crippen LogP contribution in [0.4, 0.5) is 0 Å². The maximum atomic E-state index is 10.9. The Morgan fingerprint density at radius 1 is 0.938 bits per heavy atom. The molecule has 1 atom stereocenters. The van der Waals surface area contributed by atoms with E-state index in [4.69, 9.17) is 15.3 Å². The average molecular weight is 450 g/mol. The number of carboxylic acids is 1. The zero-order valence-electron chi connectivity index (χ0n) is 17.6. The minimum absolute atomic E-state index is 0. The van der Waals surface area contributed by atoms with E-state index in [9.17, 15) is 4.79 Å². The zero-order chi connectivity index (χ0) is 21.8. The topological polar surface area (TPSA) is 102 Å².